The van der Waals surface area contributed by atoms with E-state index in [4.69, 9.17) is 0 Å². The highest BCUT2D eigenvalue weighted by molar-refractivity contribution is 7.89. The third-order valence-electron chi connectivity index (χ3n) is 2.72. The van der Waals surface area contributed by atoms with Crippen molar-refractivity contribution < 1.29 is 8.42 Å². The van der Waals surface area contributed by atoms with E-state index in [0.717, 1.165) is 11.3 Å². The summed E-state index contributed by atoms with van der Waals surface area (Å²) >= 11 is 1.44. The Kier molecular flexibility index (Phi) is 4.81. The molecule has 0 saturated heterocycles. The number of rotatable bonds is 6. The van der Waals surface area contributed by atoms with Crippen LogP contribution in [0.3, 0.4) is 0 Å². The van der Waals surface area contributed by atoms with Gasteiger partial charge >= 0.3 is 0 Å². The van der Waals surface area contributed by atoms with E-state index in [9.17, 15) is 8.42 Å². The van der Waals surface area contributed by atoms with Gasteiger partial charge in [-0.25, -0.2) is 18.4 Å². The summed E-state index contributed by atoms with van der Waals surface area (Å²) in [7, 11) is -0.229. The fourth-order valence-electron chi connectivity index (χ4n) is 1.66. The molecule has 2 aromatic rings. The molecule has 20 heavy (non-hydrogen) atoms. The highest BCUT2D eigenvalue weighted by Gasteiger charge is 2.22. The summed E-state index contributed by atoms with van der Waals surface area (Å²) in [6.07, 6.45) is 1.57. The van der Waals surface area contributed by atoms with Gasteiger partial charge < -0.3 is 5.32 Å². The highest BCUT2D eigenvalue weighted by atomic mass is 32.2. The van der Waals surface area contributed by atoms with Gasteiger partial charge in [-0.1, -0.05) is 6.07 Å². The molecule has 0 fully saturated rings. The Hall–Kier alpha value is -1.35. The fraction of sp³-hybridized carbons (Fsp3) is 0.333. The van der Waals surface area contributed by atoms with Gasteiger partial charge in [-0.2, -0.15) is 4.31 Å². The molecule has 0 saturated carbocycles. The minimum atomic E-state index is -3.58. The van der Waals surface area contributed by atoms with Crippen molar-refractivity contribution >= 4 is 21.4 Å². The summed E-state index contributed by atoms with van der Waals surface area (Å²) in [5.41, 5.74) is 3.35. The first-order valence-electron chi connectivity index (χ1n) is 5.97. The molecule has 0 radical (unpaired) electrons. The molecular weight excluding hydrogens is 296 g/mol. The van der Waals surface area contributed by atoms with E-state index in [-0.39, 0.29) is 11.6 Å². The number of pyridine rings is 1. The maximum Gasteiger partial charge on any atom is 0.260 e. The summed E-state index contributed by atoms with van der Waals surface area (Å²) < 4.78 is 26.0. The molecule has 0 amide bonds. The van der Waals surface area contributed by atoms with Crippen LogP contribution in [0.2, 0.25) is 0 Å². The lowest BCUT2D eigenvalue weighted by Gasteiger charge is -2.15. The van der Waals surface area contributed by atoms with Gasteiger partial charge in [0.05, 0.1) is 17.7 Å². The smallest absolute Gasteiger partial charge is 0.260 e. The molecule has 2 heterocycles. The summed E-state index contributed by atoms with van der Waals surface area (Å²) in [6, 6.07) is 3.28. The topological polar surface area (TPSA) is 75.2 Å². The standard InChI is InChI=1S/C12H16N4O2S2/c1-13-5-10-3-4-12(14-6-10)20(17,18)16(2)7-11-8-19-9-15-11/h3-4,6,8-9,13H,5,7H2,1-2H3. The second-order valence-corrected chi connectivity index (χ2v) is 6.99. The fourth-order valence-corrected chi connectivity index (χ4v) is 3.26. The number of nitrogens with one attached hydrogen (secondary N) is 1. The van der Waals surface area contributed by atoms with Crippen LogP contribution in [0.5, 0.6) is 0 Å². The monoisotopic (exact) mass is 312 g/mol. The van der Waals surface area contributed by atoms with E-state index in [1.807, 2.05) is 12.4 Å². The van der Waals surface area contributed by atoms with Gasteiger partial charge in [0, 0.05) is 25.2 Å². The van der Waals surface area contributed by atoms with Crippen molar-refractivity contribution in [2.45, 2.75) is 18.1 Å². The molecule has 0 aromatic carbocycles. The van der Waals surface area contributed by atoms with Gasteiger partial charge in [-0.3, -0.25) is 0 Å². The van der Waals surface area contributed by atoms with Crippen LogP contribution in [0.1, 0.15) is 11.3 Å². The number of nitrogens with zero attached hydrogens (tertiary/aromatic N) is 3. The summed E-state index contributed by atoms with van der Waals surface area (Å²) in [5, 5.41) is 4.87. The van der Waals surface area contributed by atoms with Crippen molar-refractivity contribution in [2.24, 2.45) is 0 Å². The molecule has 1 N–H and O–H groups in total. The van der Waals surface area contributed by atoms with Crippen molar-refractivity contribution in [3.8, 4) is 0 Å². The molecule has 2 rings (SSSR count). The minimum absolute atomic E-state index is 0.0510. The third kappa shape index (κ3) is 3.40. The van der Waals surface area contributed by atoms with Gasteiger partial charge in [0.2, 0.25) is 0 Å². The Morgan fingerprint density at radius 3 is 2.70 bits per heavy atom. The summed E-state index contributed by atoms with van der Waals surface area (Å²) in [4.78, 5) is 8.12. The Labute approximate surface area is 122 Å². The molecule has 0 aliphatic heterocycles. The number of hydrogen-bond acceptors (Lipinski definition) is 6. The first-order chi connectivity index (χ1) is 9.54. The lowest BCUT2D eigenvalue weighted by Crippen LogP contribution is -2.27. The largest absolute Gasteiger partial charge is 0.316 e. The van der Waals surface area contributed by atoms with E-state index in [2.05, 4.69) is 15.3 Å². The Morgan fingerprint density at radius 2 is 2.15 bits per heavy atom. The lowest BCUT2D eigenvalue weighted by molar-refractivity contribution is 0.460. The Bertz CT molecular complexity index is 639. The summed E-state index contributed by atoms with van der Waals surface area (Å²) in [5.74, 6) is 0. The van der Waals surface area contributed by atoms with Crippen molar-refractivity contribution in [3.63, 3.8) is 0 Å². The van der Waals surface area contributed by atoms with Gasteiger partial charge in [0.15, 0.2) is 5.03 Å². The Morgan fingerprint density at radius 1 is 1.35 bits per heavy atom. The Balaban J connectivity index is 2.16. The molecule has 8 heteroatoms. The molecule has 0 aliphatic rings. The van der Waals surface area contributed by atoms with Crippen LogP contribution in [-0.2, 0) is 23.1 Å². The van der Waals surface area contributed by atoms with Gasteiger partial charge in [0.1, 0.15) is 0 Å². The molecule has 0 bridgehead atoms. The second-order valence-electron chi connectivity index (χ2n) is 4.28. The van der Waals surface area contributed by atoms with Crippen molar-refractivity contribution in [1.82, 2.24) is 19.6 Å². The van der Waals surface area contributed by atoms with Crippen molar-refractivity contribution in [3.05, 3.63) is 40.5 Å². The van der Waals surface area contributed by atoms with Crippen LogP contribution < -0.4 is 5.32 Å². The molecule has 0 aliphatic carbocycles. The van der Waals surface area contributed by atoms with Crippen LogP contribution >= 0.6 is 11.3 Å². The van der Waals surface area contributed by atoms with Crippen LogP contribution in [-0.4, -0.2) is 36.8 Å². The zero-order chi connectivity index (χ0) is 14.6. The van der Waals surface area contributed by atoms with E-state index in [1.54, 1.807) is 17.8 Å². The van der Waals surface area contributed by atoms with Gasteiger partial charge in [0.25, 0.3) is 10.0 Å². The molecule has 0 atom stereocenters. The van der Waals surface area contributed by atoms with E-state index in [0.29, 0.717) is 6.54 Å². The minimum Gasteiger partial charge on any atom is -0.316 e. The number of hydrogen-bond donors (Lipinski definition) is 1. The van der Waals surface area contributed by atoms with Crippen LogP contribution in [0.25, 0.3) is 0 Å². The molecule has 0 unspecified atom stereocenters. The predicted molar refractivity (Wildman–Crippen MR) is 77.8 cm³/mol. The zero-order valence-corrected chi connectivity index (χ0v) is 12.9. The average molecular weight is 312 g/mol. The molecule has 2 aromatic heterocycles. The molecule has 108 valence electrons. The van der Waals surface area contributed by atoms with Crippen molar-refractivity contribution in [1.29, 1.82) is 0 Å². The van der Waals surface area contributed by atoms with Crippen LogP contribution in [0.4, 0.5) is 0 Å². The summed E-state index contributed by atoms with van der Waals surface area (Å²) in [6.45, 7) is 0.897. The third-order valence-corrected chi connectivity index (χ3v) is 5.08. The molecular formula is C12H16N4O2S2. The van der Waals surface area contributed by atoms with E-state index < -0.39 is 10.0 Å². The lowest BCUT2D eigenvalue weighted by atomic mass is 10.3. The maximum atomic E-state index is 12.4. The highest BCUT2D eigenvalue weighted by Crippen LogP contribution is 2.15. The number of thiazole rings is 1. The quantitative estimate of drug-likeness (QED) is 0.864. The normalized spacial score (nSPS) is 11.9. The average Bonchev–Trinajstić information content (AvgIpc) is 2.92. The first-order valence-corrected chi connectivity index (χ1v) is 8.35. The zero-order valence-electron chi connectivity index (χ0n) is 11.3. The molecule has 6 nitrogen and oxygen atoms in total. The SMILES string of the molecule is CNCc1ccc(S(=O)(=O)N(C)Cc2cscn2)nc1. The van der Waals surface area contributed by atoms with Crippen LogP contribution in [0, 0.1) is 0 Å². The van der Waals surface area contributed by atoms with E-state index >= 15 is 0 Å². The number of aromatic nitrogens is 2. The van der Waals surface area contributed by atoms with Gasteiger partial charge in [-0.05, 0) is 18.7 Å². The first kappa shape index (κ1) is 15.0. The number of sulfonamides is 1. The van der Waals surface area contributed by atoms with Crippen LogP contribution in [0.15, 0.2) is 34.2 Å². The van der Waals surface area contributed by atoms with Gasteiger partial charge in [-0.15, -0.1) is 11.3 Å². The van der Waals surface area contributed by atoms with Crippen molar-refractivity contribution in [2.75, 3.05) is 14.1 Å². The maximum absolute atomic E-state index is 12.4. The second kappa shape index (κ2) is 6.40. The molecule has 0 spiro atoms. The van der Waals surface area contributed by atoms with E-state index in [1.165, 1.54) is 28.8 Å². The predicted octanol–water partition coefficient (Wildman–Crippen LogP) is 1.08.